The van der Waals surface area contributed by atoms with Crippen molar-refractivity contribution in [2.75, 3.05) is 19.5 Å². The summed E-state index contributed by atoms with van der Waals surface area (Å²) in [5.41, 5.74) is 1.86. The number of methoxy groups -OCH3 is 1. The van der Waals surface area contributed by atoms with Crippen molar-refractivity contribution in [2.24, 2.45) is 0 Å². The minimum Gasteiger partial charge on any atom is -0.452 e. The molecule has 0 atom stereocenters. The SMILES string of the molecule is COC(=O)N(C)NC(=O)c1cc(I)cc(C)c1NC(=O)c1cc(Cn2ncc(C(F)(F)F)n2)nn1-c1ncccc1Cl. The first-order chi connectivity index (χ1) is 19.8. The zero-order chi connectivity index (χ0) is 30.8. The molecular weight excluding hydrogens is 698 g/mol. The Morgan fingerprint density at radius 2 is 1.90 bits per heavy atom. The van der Waals surface area contributed by atoms with Gasteiger partial charge in [-0.2, -0.15) is 28.2 Å². The van der Waals surface area contributed by atoms with Crippen LogP contribution in [0.4, 0.5) is 23.7 Å². The van der Waals surface area contributed by atoms with E-state index in [1.807, 2.05) is 22.6 Å². The number of aryl methyl sites for hydroxylation is 1. The van der Waals surface area contributed by atoms with Gasteiger partial charge in [0.15, 0.2) is 11.5 Å². The van der Waals surface area contributed by atoms with Crippen molar-refractivity contribution >= 4 is 57.8 Å². The summed E-state index contributed by atoms with van der Waals surface area (Å²) in [6.07, 6.45) is -3.53. The molecule has 0 saturated carbocycles. The summed E-state index contributed by atoms with van der Waals surface area (Å²) in [6.45, 7) is 1.35. The number of hydrogen-bond donors (Lipinski definition) is 2. The van der Waals surface area contributed by atoms with Gasteiger partial charge in [0.2, 0.25) is 0 Å². The van der Waals surface area contributed by atoms with E-state index in [2.05, 4.69) is 35.8 Å². The molecule has 3 aromatic heterocycles. The average molecular weight is 718 g/mol. The lowest BCUT2D eigenvalue weighted by Crippen LogP contribution is -2.43. The molecular formula is C24H20ClF3IN9O4. The van der Waals surface area contributed by atoms with E-state index in [1.165, 1.54) is 31.4 Å². The Balaban J connectivity index is 1.72. The van der Waals surface area contributed by atoms with Crippen LogP contribution in [0.5, 0.6) is 0 Å². The third-order valence-electron chi connectivity index (χ3n) is 5.56. The molecule has 0 spiro atoms. The molecule has 0 bridgehead atoms. The summed E-state index contributed by atoms with van der Waals surface area (Å²) in [6, 6.07) is 7.61. The van der Waals surface area contributed by atoms with Crippen molar-refractivity contribution in [3.63, 3.8) is 0 Å². The Hall–Kier alpha value is -4.26. The molecule has 18 heteroatoms. The highest BCUT2D eigenvalue weighted by Crippen LogP contribution is 2.28. The topological polar surface area (TPSA) is 149 Å². The third-order valence-corrected chi connectivity index (χ3v) is 6.48. The second-order valence-electron chi connectivity index (χ2n) is 8.57. The smallest absolute Gasteiger partial charge is 0.436 e. The molecule has 4 aromatic rings. The van der Waals surface area contributed by atoms with Crippen LogP contribution in [0.25, 0.3) is 5.82 Å². The van der Waals surface area contributed by atoms with Crippen LogP contribution in [-0.2, 0) is 17.5 Å². The van der Waals surface area contributed by atoms with E-state index in [9.17, 15) is 27.6 Å². The van der Waals surface area contributed by atoms with E-state index in [0.29, 0.717) is 15.3 Å². The summed E-state index contributed by atoms with van der Waals surface area (Å²) < 4.78 is 45.4. The first-order valence-electron chi connectivity index (χ1n) is 11.7. The molecule has 4 rings (SSSR count). The molecule has 0 unspecified atom stereocenters. The fraction of sp³-hybridized carbons (Fsp3) is 0.208. The number of aromatic nitrogens is 6. The maximum Gasteiger partial charge on any atom is 0.436 e. The van der Waals surface area contributed by atoms with Crippen molar-refractivity contribution in [1.82, 2.24) is 40.2 Å². The standard InChI is InChI=1S/C24H20ClF3IN9O4/c1-12-7-13(29)8-15(21(39)35-36(2)23(41)42-3)19(12)32-22(40)17-9-14(11-37-31-10-18(34-37)24(26,27)28)33-38(17)20-16(25)5-4-6-30-20/h4-10H,11H2,1-3H3,(H,32,40)(H,35,39). The maximum atomic E-state index is 13.7. The molecule has 0 fully saturated rings. The number of rotatable bonds is 6. The Kier molecular flexibility index (Phi) is 9.00. The lowest BCUT2D eigenvalue weighted by atomic mass is 10.1. The number of carbonyl (C=O) groups excluding carboxylic acids is 3. The number of ether oxygens (including phenoxy) is 1. The lowest BCUT2D eigenvalue weighted by molar-refractivity contribution is -0.141. The monoisotopic (exact) mass is 717 g/mol. The largest absolute Gasteiger partial charge is 0.452 e. The third kappa shape index (κ3) is 6.78. The number of carbonyl (C=O) groups is 3. The highest BCUT2D eigenvalue weighted by Gasteiger charge is 2.34. The highest BCUT2D eigenvalue weighted by molar-refractivity contribution is 14.1. The minimum atomic E-state index is -4.69. The molecule has 2 N–H and O–H groups in total. The molecule has 13 nitrogen and oxygen atoms in total. The predicted octanol–water partition coefficient (Wildman–Crippen LogP) is 4.09. The number of nitrogens with zero attached hydrogens (tertiary/aromatic N) is 7. The highest BCUT2D eigenvalue weighted by atomic mass is 127. The molecule has 0 radical (unpaired) electrons. The van der Waals surface area contributed by atoms with Gasteiger partial charge in [-0.15, -0.1) is 5.10 Å². The Morgan fingerprint density at radius 3 is 2.55 bits per heavy atom. The normalized spacial score (nSPS) is 11.2. The van der Waals surface area contributed by atoms with Gasteiger partial charge in [0, 0.05) is 16.8 Å². The van der Waals surface area contributed by atoms with Crippen LogP contribution in [0.1, 0.15) is 37.8 Å². The summed E-state index contributed by atoms with van der Waals surface area (Å²) in [5.74, 6) is -1.40. The summed E-state index contributed by atoms with van der Waals surface area (Å²) in [7, 11) is 2.43. The quantitative estimate of drug-likeness (QED) is 0.224. The van der Waals surface area contributed by atoms with E-state index in [0.717, 1.165) is 21.6 Å². The molecule has 1 aromatic carbocycles. The second-order valence-corrected chi connectivity index (χ2v) is 10.2. The summed E-state index contributed by atoms with van der Waals surface area (Å²) >= 11 is 8.31. The fourth-order valence-electron chi connectivity index (χ4n) is 3.67. The van der Waals surface area contributed by atoms with Gasteiger partial charge in [0.25, 0.3) is 11.8 Å². The van der Waals surface area contributed by atoms with Gasteiger partial charge in [-0.25, -0.2) is 19.5 Å². The second kappa shape index (κ2) is 12.3. The van der Waals surface area contributed by atoms with Crippen LogP contribution in [0.3, 0.4) is 0 Å². The minimum absolute atomic E-state index is 0.0334. The number of hydrogen-bond acceptors (Lipinski definition) is 8. The van der Waals surface area contributed by atoms with Gasteiger partial charge >= 0.3 is 12.3 Å². The van der Waals surface area contributed by atoms with Crippen molar-refractivity contribution in [1.29, 1.82) is 0 Å². The van der Waals surface area contributed by atoms with E-state index < -0.39 is 29.8 Å². The molecule has 0 aliphatic heterocycles. The number of amides is 3. The van der Waals surface area contributed by atoms with Crippen molar-refractivity contribution < 1.29 is 32.3 Å². The van der Waals surface area contributed by atoms with Crippen LogP contribution in [0.15, 0.2) is 42.7 Å². The number of nitrogens with one attached hydrogen (secondary N) is 2. The van der Waals surface area contributed by atoms with Gasteiger partial charge in [-0.3, -0.25) is 15.0 Å². The summed E-state index contributed by atoms with van der Waals surface area (Å²) in [4.78, 5) is 43.5. The van der Waals surface area contributed by atoms with Crippen molar-refractivity contribution in [3.8, 4) is 5.82 Å². The molecule has 0 saturated heterocycles. The Bertz CT molecular complexity index is 1680. The van der Waals surface area contributed by atoms with Crippen LogP contribution >= 0.6 is 34.2 Å². The number of benzene rings is 1. The number of hydrazine groups is 1. The van der Waals surface area contributed by atoms with Gasteiger partial charge < -0.3 is 10.1 Å². The van der Waals surface area contributed by atoms with Gasteiger partial charge in [0.05, 0.1) is 35.3 Å². The first kappa shape index (κ1) is 30.7. The zero-order valence-electron chi connectivity index (χ0n) is 21.9. The van der Waals surface area contributed by atoms with E-state index >= 15 is 0 Å². The number of pyridine rings is 1. The first-order valence-corrected chi connectivity index (χ1v) is 13.2. The fourth-order valence-corrected chi connectivity index (χ4v) is 4.65. The predicted molar refractivity (Wildman–Crippen MR) is 150 cm³/mol. The molecule has 42 heavy (non-hydrogen) atoms. The van der Waals surface area contributed by atoms with Crippen LogP contribution in [-0.4, -0.2) is 66.8 Å². The van der Waals surface area contributed by atoms with E-state index in [4.69, 9.17) is 11.6 Å². The Labute approximate surface area is 254 Å². The number of alkyl halides is 3. The number of halogens is 5. The van der Waals surface area contributed by atoms with E-state index in [-0.39, 0.29) is 40.0 Å². The molecule has 0 aliphatic carbocycles. The lowest BCUT2D eigenvalue weighted by Gasteiger charge is -2.19. The van der Waals surface area contributed by atoms with Crippen LogP contribution < -0.4 is 10.7 Å². The van der Waals surface area contributed by atoms with E-state index in [1.54, 1.807) is 19.1 Å². The van der Waals surface area contributed by atoms with Crippen molar-refractivity contribution in [3.05, 3.63) is 79.5 Å². The van der Waals surface area contributed by atoms with Crippen LogP contribution in [0, 0.1) is 10.5 Å². The van der Waals surface area contributed by atoms with Crippen molar-refractivity contribution in [2.45, 2.75) is 19.6 Å². The molecule has 0 aliphatic rings. The van der Waals surface area contributed by atoms with Crippen LogP contribution in [0.2, 0.25) is 5.02 Å². The van der Waals surface area contributed by atoms with Gasteiger partial charge in [-0.05, 0) is 65.4 Å². The molecule has 3 heterocycles. The summed E-state index contributed by atoms with van der Waals surface area (Å²) in [5, 5.41) is 15.0. The number of anilines is 1. The molecule has 3 amide bonds. The Morgan fingerprint density at radius 1 is 1.17 bits per heavy atom. The maximum absolute atomic E-state index is 13.7. The van der Waals surface area contributed by atoms with Gasteiger partial charge in [0.1, 0.15) is 12.2 Å². The molecule has 220 valence electrons. The average Bonchev–Trinajstić information content (AvgIpc) is 3.57. The van der Waals surface area contributed by atoms with Gasteiger partial charge in [-0.1, -0.05) is 11.6 Å². The zero-order valence-corrected chi connectivity index (χ0v) is 24.8.